The molecule has 8 aromatic carbocycles. The number of fused-ring (bicyclic) bond motifs is 4. The molecule has 0 fully saturated rings. The Kier molecular flexibility index (Phi) is 4.30. The van der Waals surface area contributed by atoms with Gasteiger partial charge in [0.05, 0.1) is 0 Å². The predicted molar refractivity (Wildman–Crippen MR) is 166 cm³/mol. The van der Waals surface area contributed by atoms with Gasteiger partial charge in [0.2, 0.25) is 0 Å². The molecule has 0 atom stereocenters. The summed E-state index contributed by atoms with van der Waals surface area (Å²) in [4.78, 5) is 27.5. The van der Waals surface area contributed by atoms with Gasteiger partial charge in [-0.2, -0.15) is 0 Å². The molecule has 0 saturated heterocycles. The van der Waals surface area contributed by atoms with Gasteiger partial charge in [-0.15, -0.1) is 0 Å². The third kappa shape index (κ3) is 2.47. The Bertz CT molecular complexity index is 2400. The number of hydrogen-bond donors (Lipinski definition) is 0. The molecule has 0 aromatic heterocycles. The summed E-state index contributed by atoms with van der Waals surface area (Å²) in [7, 11) is 0. The van der Waals surface area contributed by atoms with E-state index in [-0.39, 0.29) is 10.9 Å². The number of rotatable bonds is 0. The van der Waals surface area contributed by atoms with E-state index in [4.69, 9.17) is 0 Å². The van der Waals surface area contributed by atoms with Crippen molar-refractivity contribution in [1.82, 2.24) is 0 Å². The minimum Gasteiger partial charge on any atom is -0.289 e. The van der Waals surface area contributed by atoms with E-state index in [1.54, 1.807) is 0 Å². The van der Waals surface area contributed by atoms with Gasteiger partial charge in [0.1, 0.15) is 0 Å². The normalized spacial score (nSPS) is 12.7. The van der Waals surface area contributed by atoms with Crippen LogP contribution >= 0.6 is 63.7 Å². The molecule has 0 aliphatic heterocycles. The molecule has 0 amide bonds. The van der Waals surface area contributed by atoms with Crippen LogP contribution < -0.4 is 10.9 Å². The second-order valence-corrected chi connectivity index (χ2v) is 12.7. The molecule has 2 nitrogen and oxygen atoms in total. The second-order valence-electron chi connectivity index (χ2n) is 9.24. The third-order valence-corrected chi connectivity index (χ3v) is 10.0. The fourth-order valence-corrected chi connectivity index (χ4v) is 9.28. The fourth-order valence-electron chi connectivity index (χ4n) is 6.15. The first-order valence-corrected chi connectivity index (χ1v) is 14.4. The van der Waals surface area contributed by atoms with Gasteiger partial charge in [0.25, 0.3) is 0 Å². The maximum atomic E-state index is 13.8. The van der Waals surface area contributed by atoms with Crippen molar-refractivity contribution < 1.29 is 0 Å². The number of halogens is 4. The Labute approximate surface area is 236 Å². The first-order chi connectivity index (χ1) is 17.4. The van der Waals surface area contributed by atoms with Crippen molar-refractivity contribution in [3.63, 3.8) is 0 Å². The van der Waals surface area contributed by atoms with E-state index in [9.17, 15) is 9.59 Å². The Balaban J connectivity index is 1.84. The molecule has 0 aliphatic rings. The first kappa shape index (κ1) is 21.7. The maximum Gasteiger partial charge on any atom is 0.194 e. The average Bonchev–Trinajstić information content (AvgIpc) is 2.86. The van der Waals surface area contributed by atoms with E-state index in [0.717, 1.165) is 71.8 Å². The smallest absolute Gasteiger partial charge is 0.194 e. The van der Waals surface area contributed by atoms with Crippen molar-refractivity contribution in [3.05, 3.63) is 99.0 Å². The molecule has 170 valence electrons. The topological polar surface area (TPSA) is 34.1 Å². The van der Waals surface area contributed by atoms with Gasteiger partial charge in [-0.1, -0.05) is 78.1 Å². The van der Waals surface area contributed by atoms with Crippen LogP contribution in [-0.4, -0.2) is 0 Å². The molecule has 6 heteroatoms. The third-order valence-electron chi connectivity index (χ3n) is 7.53. The molecular weight excluding hydrogens is 712 g/mol. The molecule has 36 heavy (non-hydrogen) atoms. The average molecular weight is 722 g/mol. The summed E-state index contributed by atoms with van der Waals surface area (Å²) in [5.41, 5.74) is 0.0202. The van der Waals surface area contributed by atoms with Crippen LogP contribution in [0.5, 0.6) is 0 Å². The molecule has 0 aliphatic carbocycles. The van der Waals surface area contributed by atoms with E-state index in [1.807, 2.05) is 54.6 Å². The lowest BCUT2D eigenvalue weighted by Crippen LogP contribution is -2.07. The van der Waals surface area contributed by atoms with E-state index in [1.165, 1.54) is 0 Å². The minimum atomic E-state index is -0.00244. The highest BCUT2D eigenvalue weighted by Crippen LogP contribution is 2.51. The van der Waals surface area contributed by atoms with E-state index in [2.05, 4.69) is 69.8 Å². The summed E-state index contributed by atoms with van der Waals surface area (Å²) in [5, 5.41) is 12.5. The van der Waals surface area contributed by atoms with Gasteiger partial charge in [-0.25, -0.2) is 0 Å². The highest BCUT2D eigenvalue weighted by molar-refractivity contribution is 9.11. The van der Waals surface area contributed by atoms with Gasteiger partial charge in [-0.3, -0.25) is 9.59 Å². The van der Waals surface area contributed by atoms with E-state index < -0.39 is 0 Å². The van der Waals surface area contributed by atoms with Crippen LogP contribution in [0.15, 0.2) is 88.1 Å². The van der Waals surface area contributed by atoms with E-state index >= 15 is 0 Å². The number of benzene rings is 8. The van der Waals surface area contributed by atoms with Crippen LogP contribution in [0.1, 0.15) is 0 Å². The zero-order valence-corrected chi connectivity index (χ0v) is 24.4. The monoisotopic (exact) mass is 718 g/mol. The molecule has 0 saturated carbocycles. The van der Waals surface area contributed by atoms with Crippen molar-refractivity contribution in [2.45, 2.75) is 0 Å². The summed E-state index contributed by atoms with van der Waals surface area (Å²) >= 11 is 15.1. The van der Waals surface area contributed by atoms with Crippen molar-refractivity contribution in [3.8, 4) is 0 Å². The molecule has 0 unspecified atom stereocenters. The van der Waals surface area contributed by atoms with Crippen LogP contribution in [-0.2, 0) is 0 Å². The molecule has 8 rings (SSSR count). The van der Waals surface area contributed by atoms with Crippen molar-refractivity contribution in [2.75, 3.05) is 0 Å². The standard InChI is InChI=1S/C30H10Br4O2/c31-12-8-17-23(19(32)9-12)27-24-15(30(17)36)6-5-11-7-16-13-3-1-2-4-14(13)29(35)18-10-20(33)25(28(27)34)26(21(11)24)22(16)18/h1-10H. The Morgan fingerprint density at radius 3 is 1.94 bits per heavy atom. The minimum absolute atomic E-state index is 0.00244. The molecule has 8 aromatic rings. The Morgan fingerprint density at radius 1 is 0.444 bits per heavy atom. The first-order valence-electron chi connectivity index (χ1n) is 11.2. The molecule has 0 heterocycles. The van der Waals surface area contributed by atoms with Gasteiger partial charge in [0, 0.05) is 71.8 Å². The van der Waals surface area contributed by atoms with Crippen molar-refractivity contribution in [2.24, 2.45) is 0 Å². The molecule has 0 spiro atoms. The van der Waals surface area contributed by atoms with Crippen LogP contribution in [0.3, 0.4) is 0 Å². The summed E-state index contributed by atoms with van der Waals surface area (Å²) in [6.07, 6.45) is 0. The number of hydrogen-bond acceptors (Lipinski definition) is 2. The van der Waals surface area contributed by atoms with Crippen LogP contribution in [0.2, 0.25) is 0 Å². The summed E-state index contributed by atoms with van der Waals surface area (Å²) < 4.78 is 3.45. The van der Waals surface area contributed by atoms with Gasteiger partial charge in [0.15, 0.2) is 10.9 Å². The molecular formula is C30H10Br4O2. The summed E-state index contributed by atoms with van der Waals surface area (Å²) in [6.45, 7) is 0. The summed E-state index contributed by atoms with van der Waals surface area (Å²) in [5.74, 6) is 0. The highest BCUT2D eigenvalue weighted by atomic mass is 79.9. The lowest BCUT2D eigenvalue weighted by atomic mass is 9.84. The lowest BCUT2D eigenvalue weighted by molar-refractivity contribution is 1.66. The zero-order chi connectivity index (χ0) is 24.6. The molecule has 0 radical (unpaired) electrons. The Morgan fingerprint density at radius 2 is 1.14 bits per heavy atom. The van der Waals surface area contributed by atoms with Crippen molar-refractivity contribution in [1.29, 1.82) is 0 Å². The van der Waals surface area contributed by atoms with Crippen LogP contribution in [0, 0.1) is 0 Å². The lowest BCUT2D eigenvalue weighted by Gasteiger charge is -2.21. The summed E-state index contributed by atoms with van der Waals surface area (Å²) in [6, 6.07) is 19.8. The SMILES string of the molecule is O=c1c2ccccc2c2cc3ccc4c(=O)c5cc(Br)cc(Br)c5c5c(Br)c6c(Br)cc1c2c6c3c45. The fraction of sp³-hybridized carbons (Fsp3) is 0. The molecule has 0 bridgehead atoms. The Hall–Kier alpha value is -2.38. The van der Waals surface area contributed by atoms with Crippen LogP contribution in [0.25, 0.3) is 75.4 Å². The van der Waals surface area contributed by atoms with E-state index in [0.29, 0.717) is 21.5 Å². The van der Waals surface area contributed by atoms with Gasteiger partial charge in [-0.05, 0) is 67.8 Å². The van der Waals surface area contributed by atoms with Gasteiger partial charge >= 0.3 is 0 Å². The largest absolute Gasteiger partial charge is 0.289 e. The van der Waals surface area contributed by atoms with Crippen molar-refractivity contribution >= 4 is 139 Å². The quantitative estimate of drug-likeness (QED) is 0.115. The van der Waals surface area contributed by atoms with Crippen LogP contribution in [0.4, 0.5) is 0 Å². The predicted octanol–water partition coefficient (Wildman–Crippen LogP) is 9.84. The molecule has 0 N–H and O–H groups in total. The highest BCUT2D eigenvalue weighted by Gasteiger charge is 2.26. The van der Waals surface area contributed by atoms with Gasteiger partial charge < -0.3 is 0 Å². The second kappa shape index (κ2) is 7.13. The maximum absolute atomic E-state index is 13.8. The zero-order valence-electron chi connectivity index (χ0n) is 18.1.